The Bertz CT molecular complexity index is 1120. The first-order valence-electron chi connectivity index (χ1n) is 11.8. The van der Waals surface area contributed by atoms with Gasteiger partial charge in [-0.05, 0) is 61.1 Å². The summed E-state index contributed by atoms with van der Waals surface area (Å²) >= 11 is 0. The first-order valence-corrected chi connectivity index (χ1v) is 13.2. The number of pyridine rings is 1. The number of likely N-dealkylation sites (N-methyl/N-ethyl adjacent to an activating group) is 1. The van der Waals surface area contributed by atoms with E-state index in [-0.39, 0.29) is 35.6 Å². The Morgan fingerprint density at radius 1 is 1.24 bits per heavy atom. The van der Waals surface area contributed by atoms with E-state index >= 15 is 0 Å². The fourth-order valence-electron chi connectivity index (χ4n) is 4.26. The molecule has 0 radical (unpaired) electrons. The molecule has 2 aliphatic rings. The molecule has 1 aliphatic carbocycles. The molecule has 1 aromatic heterocycles. The van der Waals surface area contributed by atoms with Gasteiger partial charge in [0.1, 0.15) is 16.7 Å². The number of hydrogen-bond donors (Lipinski definition) is 1. The Morgan fingerprint density at radius 3 is 2.59 bits per heavy atom. The molecule has 1 amide bonds. The van der Waals surface area contributed by atoms with E-state index in [0.717, 1.165) is 24.0 Å². The lowest BCUT2D eigenvalue weighted by atomic mass is 10.0. The molecule has 1 aromatic carbocycles. The van der Waals surface area contributed by atoms with Gasteiger partial charge in [-0.2, -0.15) is 4.31 Å². The van der Waals surface area contributed by atoms with Gasteiger partial charge in [-0.25, -0.2) is 8.42 Å². The molecule has 1 N–H and O–H groups in total. The monoisotopic (exact) mass is 487 g/mol. The van der Waals surface area contributed by atoms with Gasteiger partial charge in [0, 0.05) is 44.4 Å². The molecule has 0 bridgehead atoms. The topological polar surface area (TPSA) is 100 Å². The van der Waals surface area contributed by atoms with E-state index in [9.17, 15) is 18.3 Å². The van der Waals surface area contributed by atoms with E-state index in [2.05, 4.69) is 4.98 Å². The minimum absolute atomic E-state index is 0.0643. The molecule has 184 valence electrons. The summed E-state index contributed by atoms with van der Waals surface area (Å²) in [4.78, 5) is 18.5. The van der Waals surface area contributed by atoms with Gasteiger partial charge in [0.05, 0.1) is 13.2 Å². The van der Waals surface area contributed by atoms with Crippen LogP contribution >= 0.6 is 0 Å². The quantitative estimate of drug-likeness (QED) is 0.645. The van der Waals surface area contributed by atoms with Crippen molar-refractivity contribution in [2.75, 3.05) is 26.7 Å². The SMILES string of the molecule is C[C@@H]1CN([C@H](C)CO)S(=O)(=O)c2ccc(-c3ccncc3)cc2O[C@@H]1CN(C)C(=O)CC1CC1. The number of nitrogens with zero attached hydrogens (tertiary/aromatic N) is 3. The molecule has 4 rings (SSSR count). The highest BCUT2D eigenvalue weighted by Crippen LogP contribution is 2.37. The van der Waals surface area contributed by atoms with Crippen molar-refractivity contribution in [3.63, 3.8) is 0 Å². The second-order valence-corrected chi connectivity index (χ2v) is 11.4. The average Bonchev–Trinajstić information content (AvgIpc) is 3.65. The smallest absolute Gasteiger partial charge is 0.247 e. The minimum atomic E-state index is -3.91. The third kappa shape index (κ3) is 5.26. The molecular formula is C25H33N3O5S. The molecule has 34 heavy (non-hydrogen) atoms. The fourth-order valence-corrected chi connectivity index (χ4v) is 6.09. The fraction of sp³-hybridized carbons (Fsp3) is 0.520. The highest BCUT2D eigenvalue weighted by atomic mass is 32.2. The lowest BCUT2D eigenvalue weighted by Gasteiger charge is -2.37. The van der Waals surface area contributed by atoms with Crippen molar-refractivity contribution in [3.05, 3.63) is 42.7 Å². The Hall–Kier alpha value is -2.49. The number of aliphatic hydroxyl groups excluding tert-OH is 1. The van der Waals surface area contributed by atoms with Crippen LogP contribution in [0.5, 0.6) is 5.75 Å². The van der Waals surface area contributed by atoms with Crippen molar-refractivity contribution in [3.8, 4) is 16.9 Å². The van der Waals surface area contributed by atoms with Gasteiger partial charge in [-0.15, -0.1) is 0 Å². The van der Waals surface area contributed by atoms with Crippen LogP contribution < -0.4 is 4.74 Å². The number of hydrogen-bond acceptors (Lipinski definition) is 6. The summed E-state index contributed by atoms with van der Waals surface area (Å²) in [5, 5.41) is 9.79. The zero-order valence-corrected chi connectivity index (χ0v) is 20.7. The molecule has 2 heterocycles. The molecule has 8 nitrogen and oxygen atoms in total. The predicted octanol–water partition coefficient (Wildman–Crippen LogP) is 2.78. The Balaban J connectivity index is 1.72. The van der Waals surface area contributed by atoms with Crippen LogP contribution in [0.25, 0.3) is 11.1 Å². The zero-order chi connectivity index (χ0) is 24.5. The van der Waals surface area contributed by atoms with E-state index in [1.54, 1.807) is 49.5 Å². The summed E-state index contributed by atoms with van der Waals surface area (Å²) in [5.74, 6) is 0.612. The molecule has 1 fully saturated rings. The van der Waals surface area contributed by atoms with E-state index < -0.39 is 22.2 Å². The van der Waals surface area contributed by atoms with Gasteiger partial charge in [0.2, 0.25) is 15.9 Å². The van der Waals surface area contributed by atoms with Crippen LogP contribution in [0.15, 0.2) is 47.6 Å². The predicted molar refractivity (Wildman–Crippen MR) is 129 cm³/mol. The van der Waals surface area contributed by atoms with Gasteiger partial charge in [-0.3, -0.25) is 9.78 Å². The number of fused-ring (bicyclic) bond motifs is 1. The number of aliphatic hydroxyl groups is 1. The van der Waals surface area contributed by atoms with E-state index in [1.807, 2.05) is 19.1 Å². The standard InChI is InChI=1S/C25H33N3O5S/c1-17-14-28(18(2)16-29)34(31,32)24-7-6-21(20-8-10-26-11-9-20)13-22(24)33-23(17)15-27(3)25(30)12-19-4-5-19/h6-11,13,17-19,23,29H,4-5,12,14-16H2,1-3H3/t17-,18-,23-/m1/s1. The van der Waals surface area contributed by atoms with E-state index in [1.165, 1.54) is 4.31 Å². The molecule has 1 aliphatic heterocycles. The Morgan fingerprint density at radius 2 is 1.94 bits per heavy atom. The summed E-state index contributed by atoms with van der Waals surface area (Å²) in [6, 6.07) is 8.16. The first-order chi connectivity index (χ1) is 16.2. The van der Waals surface area contributed by atoms with Crippen LogP contribution in [-0.4, -0.2) is 72.5 Å². The number of carbonyl (C=O) groups excluding carboxylic acids is 1. The largest absolute Gasteiger partial charge is 0.487 e. The lowest BCUT2D eigenvalue weighted by molar-refractivity contribution is -0.131. The second kappa shape index (κ2) is 10.0. The van der Waals surface area contributed by atoms with Crippen molar-refractivity contribution < 1.29 is 23.1 Å². The number of carbonyl (C=O) groups is 1. The van der Waals surface area contributed by atoms with Crippen molar-refractivity contribution in [2.24, 2.45) is 11.8 Å². The number of amides is 1. The van der Waals surface area contributed by atoms with Crippen LogP contribution in [0.4, 0.5) is 0 Å². The number of benzene rings is 1. The molecule has 3 atom stereocenters. The van der Waals surface area contributed by atoms with Crippen LogP contribution in [0.2, 0.25) is 0 Å². The van der Waals surface area contributed by atoms with E-state index in [0.29, 0.717) is 18.9 Å². The number of sulfonamides is 1. The maximum atomic E-state index is 13.6. The maximum Gasteiger partial charge on any atom is 0.247 e. The lowest BCUT2D eigenvalue weighted by Crippen LogP contribution is -2.50. The third-order valence-corrected chi connectivity index (χ3v) is 8.74. The van der Waals surface area contributed by atoms with Crippen LogP contribution in [0, 0.1) is 11.8 Å². The highest BCUT2D eigenvalue weighted by molar-refractivity contribution is 7.89. The molecular weight excluding hydrogens is 454 g/mol. The Kier molecular flexibility index (Phi) is 7.25. The van der Waals surface area contributed by atoms with Gasteiger partial charge in [0.15, 0.2) is 0 Å². The zero-order valence-electron chi connectivity index (χ0n) is 19.9. The van der Waals surface area contributed by atoms with Crippen molar-refractivity contribution >= 4 is 15.9 Å². The minimum Gasteiger partial charge on any atom is -0.487 e. The summed E-state index contributed by atoms with van der Waals surface area (Å²) in [6.07, 6.45) is 5.70. The van der Waals surface area contributed by atoms with Crippen LogP contribution in [-0.2, 0) is 14.8 Å². The molecule has 9 heteroatoms. The molecule has 0 saturated heterocycles. The van der Waals surface area contributed by atoms with Gasteiger partial charge >= 0.3 is 0 Å². The summed E-state index contributed by atoms with van der Waals surface area (Å²) in [7, 11) is -2.13. The molecule has 2 aromatic rings. The van der Waals surface area contributed by atoms with Gasteiger partial charge in [-0.1, -0.05) is 13.0 Å². The van der Waals surface area contributed by atoms with Crippen molar-refractivity contribution in [1.82, 2.24) is 14.2 Å². The summed E-state index contributed by atoms with van der Waals surface area (Å²) < 4.78 is 34.9. The number of aromatic nitrogens is 1. The Labute approximate surface area is 201 Å². The number of ether oxygens (including phenoxy) is 1. The first kappa shape index (κ1) is 24.6. The average molecular weight is 488 g/mol. The third-order valence-electron chi connectivity index (χ3n) is 6.72. The highest BCUT2D eigenvalue weighted by Gasteiger charge is 2.38. The van der Waals surface area contributed by atoms with Crippen LogP contribution in [0.1, 0.15) is 33.1 Å². The molecule has 1 saturated carbocycles. The summed E-state index contributed by atoms with van der Waals surface area (Å²) in [5.41, 5.74) is 1.70. The number of rotatable bonds is 7. The van der Waals surface area contributed by atoms with Gasteiger partial charge < -0.3 is 14.7 Å². The molecule has 0 unspecified atom stereocenters. The second-order valence-electron chi connectivity index (χ2n) is 9.56. The summed E-state index contributed by atoms with van der Waals surface area (Å²) in [6.45, 7) is 3.87. The van der Waals surface area contributed by atoms with E-state index in [4.69, 9.17) is 4.74 Å². The van der Waals surface area contributed by atoms with Gasteiger partial charge in [0.25, 0.3) is 0 Å². The van der Waals surface area contributed by atoms with Crippen molar-refractivity contribution in [2.45, 2.75) is 50.2 Å². The van der Waals surface area contributed by atoms with Crippen LogP contribution in [0.3, 0.4) is 0 Å². The molecule has 0 spiro atoms. The van der Waals surface area contributed by atoms with Crippen molar-refractivity contribution in [1.29, 1.82) is 0 Å². The normalized spacial score (nSPS) is 23.2. The maximum absolute atomic E-state index is 13.6.